The van der Waals surface area contributed by atoms with Gasteiger partial charge in [0.15, 0.2) is 0 Å². The lowest BCUT2D eigenvalue weighted by atomic mass is 10.0. The van der Waals surface area contributed by atoms with Crippen molar-refractivity contribution in [1.82, 2.24) is 9.97 Å². The van der Waals surface area contributed by atoms with Crippen molar-refractivity contribution in [2.45, 2.75) is 45.6 Å². The number of halogens is 1. The summed E-state index contributed by atoms with van der Waals surface area (Å²) in [4.78, 5) is 22.2. The Morgan fingerprint density at radius 1 is 1.41 bits per heavy atom. The Kier molecular flexibility index (Phi) is 4.23. The van der Waals surface area contributed by atoms with Crippen LogP contribution >= 0.6 is 22.9 Å². The zero-order valence-corrected chi connectivity index (χ0v) is 14.1. The third kappa shape index (κ3) is 2.90. The number of carboxylic acid groups (broad SMARTS) is 1. The monoisotopic (exact) mass is 339 g/mol. The first kappa shape index (κ1) is 15.5. The zero-order chi connectivity index (χ0) is 15.9. The van der Waals surface area contributed by atoms with E-state index in [1.165, 1.54) is 10.4 Å². The van der Waals surface area contributed by atoms with Crippen LogP contribution in [0.15, 0.2) is 0 Å². The van der Waals surface area contributed by atoms with Crippen LogP contribution in [0.4, 0.5) is 5.82 Å². The molecule has 1 aliphatic rings. The molecular weight excluding hydrogens is 322 g/mol. The summed E-state index contributed by atoms with van der Waals surface area (Å²) < 4.78 is 0. The first-order valence-electron chi connectivity index (χ1n) is 7.43. The second kappa shape index (κ2) is 6.01. The molecule has 2 aromatic heterocycles. The second-order valence-corrected chi connectivity index (χ2v) is 7.47. The lowest BCUT2D eigenvalue weighted by Crippen LogP contribution is -2.31. The van der Waals surface area contributed by atoms with E-state index in [1.807, 2.05) is 13.8 Å². The van der Waals surface area contributed by atoms with Crippen LogP contribution in [0.1, 0.15) is 37.1 Å². The highest BCUT2D eigenvalue weighted by Crippen LogP contribution is 2.40. The average molecular weight is 340 g/mol. The lowest BCUT2D eigenvalue weighted by molar-refractivity contribution is -0.138. The predicted molar refractivity (Wildman–Crippen MR) is 89.0 cm³/mol. The van der Waals surface area contributed by atoms with Gasteiger partial charge in [0.05, 0.1) is 5.39 Å². The number of hydrogen-bond donors (Lipinski definition) is 2. The molecule has 5 nitrogen and oxygen atoms in total. The second-order valence-electron chi connectivity index (χ2n) is 6.04. The van der Waals surface area contributed by atoms with Gasteiger partial charge in [-0.2, -0.15) is 0 Å². The largest absolute Gasteiger partial charge is 0.480 e. The molecule has 3 rings (SSSR count). The molecule has 118 valence electrons. The van der Waals surface area contributed by atoms with Crippen molar-refractivity contribution in [2.24, 2.45) is 5.92 Å². The van der Waals surface area contributed by atoms with Gasteiger partial charge in [0.25, 0.3) is 0 Å². The number of fused-ring (bicyclic) bond motifs is 3. The molecule has 1 atom stereocenters. The third-order valence-electron chi connectivity index (χ3n) is 3.85. The summed E-state index contributed by atoms with van der Waals surface area (Å²) in [6, 6.07) is -0.675. The maximum atomic E-state index is 11.5. The van der Waals surface area contributed by atoms with Gasteiger partial charge >= 0.3 is 5.97 Å². The molecule has 0 radical (unpaired) electrons. The van der Waals surface area contributed by atoms with Crippen LogP contribution in [0.5, 0.6) is 0 Å². The number of aryl methyl sites for hydroxylation is 2. The van der Waals surface area contributed by atoms with Crippen LogP contribution in [0.25, 0.3) is 10.2 Å². The van der Waals surface area contributed by atoms with Gasteiger partial charge in [-0.15, -0.1) is 11.3 Å². The molecule has 0 bridgehead atoms. The predicted octanol–water partition coefficient (Wildman–Crippen LogP) is 3.74. The van der Waals surface area contributed by atoms with Crippen LogP contribution in [-0.2, 0) is 17.6 Å². The van der Waals surface area contributed by atoms with E-state index in [4.69, 9.17) is 11.6 Å². The average Bonchev–Trinajstić information content (AvgIpc) is 2.96. The summed E-state index contributed by atoms with van der Waals surface area (Å²) in [7, 11) is 0. The van der Waals surface area contributed by atoms with Crippen molar-refractivity contribution in [1.29, 1.82) is 0 Å². The van der Waals surface area contributed by atoms with Crippen LogP contribution in [0.3, 0.4) is 0 Å². The molecule has 0 aromatic carbocycles. The quantitative estimate of drug-likeness (QED) is 0.811. The number of nitrogens with zero attached hydrogens (tertiary/aromatic N) is 2. The van der Waals surface area contributed by atoms with Crippen LogP contribution in [0, 0.1) is 5.92 Å². The van der Waals surface area contributed by atoms with E-state index >= 15 is 0 Å². The van der Waals surface area contributed by atoms with E-state index in [0.29, 0.717) is 12.2 Å². The van der Waals surface area contributed by atoms with Gasteiger partial charge in [0.2, 0.25) is 5.28 Å². The maximum absolute atomic E-state index is 11.5. The summed E-state index contributed by atoms with van der Waals surface area (Å²) in [5.41, 5.74) is 1.26. The number of aliphatic carboxylic acids is 1. The Hall–Kier alpha value is -1.40. The molecule has 22 heavy (non-hydrogen) atoms. The molecule has 2 N–H and O–H groups in total. The summed E-state index contributed by atoms with van der Waals surface area (Å²) in [6.45, 7) is 4.00. The smallest absolute Gasteiger partial charge is 0.326 e. The van der Waals surface area contributed by atoms with E-state index in [9.17, 15) is 9.90 Å². The normalized spacial score (nSPS) is 15.3. The van der Waals surface area contributed by atoms with E-state index in [0.717, 1.165) is 29.5 Å². The number of anilines is 1. The Balaban J connectivity index is 2.03. The van der Waals surface area contributed by atoms with Crippen molar-refractivity contribution in [3.8, 4) is 0 Å². The van der Waals surface area contributed by atoms with Crippen LogP contribution in [-0.4, -0.2) is 27.1 Å². The van der Waals surface area contributed by atoms with Crippen LogP contribution in [0.2, 0.25) is 5.28 Å². The highest BCUT2D eigenvalue weighted by atomic mass is 35.5. The summed E-state index contributed by atoms with van der Waals surface area (Å²) in [5.74, 6) is -0.0412. The van der Waals surface area contributed by atoms with Gasteiger partial charge in [-0.05, 0) is 48.8 Å². The molecule has 0 amide bonds. The highest BCUT2D eigenvalue weighted by molar-refractivity contribution is 7.19. The number of hydrogen-bond acceptors (Lipinski definition) is 5. The Labute approximate surface area is 137 Å². The van der Waals surface area contributed by atoms with E-state index in [2.05, 4.69) is 15.3 Å². The topological polar surface area (TPSA) is 75.1 Å². The fourth-order valence-electron chi connectivity index (χ4n) is 2.93. The summed E-state index contributed by atoms with van der Waals surface area (Å²) in [6.07, 6.45) is 3.72. The van der Waals surface area contributed by atoms with Crippen molar-refractivity contribution in [2.75, 3.05) is 5.32 Å². The molecule has 2 heterocycles. The van der Waals surface area contributed by atoms with Gasteiger partial charge in [-0.3, -0.25) is 0 Å². The molecule has 0 saturated carbocycles. The number of carbonyl (C=O) groups is 1. The number of aromatic nitrogens is 2. The Morgan fingerprint density at radius 3 is 2.86 bits per heavy atom. The van der Waals surface area contributed by atoms with Gasteiger partial charge in [-0.25, -0.2) is 14.8 Å². The number of thiophene rings is 1. The molecule has 7 heteroatoms. The van der Waals surface area contributed by atoms with Crippen molar-refractivity contribution in [3.05, 3.63) is 15.7 Å². The lowest BCUT2D eigenvalue weighted by Gasteiger charge is -2.18. The van der Waals surface area contributed by atoms with Gasteiger partial charge in [0, 0.05) is 4.88 Å². The van der Waals surface area contributed by atoms with Crippen molar-refractivity contribution < 1.29 is 9.90 Å². The van der Waals surface area contributed by atoms with Crippen molar-refractivity contribution >= 4 is 44.9 Å². The minimum Gasteiger partial charge on any atom is -0.480 e. The highest BCUT2D eigenvalue weighted by Gasteiger charge is 2.25. The molecular formula is C15H18ClN3O2S. The molecule has 0 spiro atoms. The van der Waals surface area contributed by atoms with E-state index in [1.54, 1.807) is 11.3 Å². The number of nitrogens with one attached hydrogen (secondary N) is 1. The standard InChI is InChI=1S/C15H18ClN3O2S/c1-7(2)6-9(14(20)21)17-12-11-8-4-3-5-10(8)22-13(11)19-15(16)18-12/h7,9H,3-6H2,1-2H3,(H,20,21)(H,17,18,19). The maximum Gasteiger partial charge on any atom is 0.326 e. The number of carboxylic acids is 1. The molecule has 1 unspecified atom stereocenters. The zero-order valence-electron chi connectivity index (χ0n) is 12.5. The molecule has 2 aromatic rings. The molecule has 0 fully saturated rings. The van der Waals surface area contributed by atoms with E-state index in [-0.39, 0.29) is 11.2 Å². The SMILES string of the molecule is CC(C)CC(Nc1nc(Cl)nc2sc3c(c12)CCC3)C(=O)O. The first-order valence-corrected chi connectivity index (χ1v) is 8.62. The molecule has 0 aliphatic heterocycles. The summed E-state index contributed by atoms with van der Waals surface area (Å²) in [5, 5.41) is 13.6. The van der Waals surface area contributed by atoms with Crippen molar-refractivity contribution in [3.63, 3.8) is 0 Å². The summed E-state index contributed by atoms with van der Waals surface area (Å²) >= 11 is 7.65. The third-order valence-corrected chi connectivity index (χ3v) is 5.21. The number of rotatable bonds is 5. The minimum atomic E-state index is -0.872. The molecule has 1 aliphatic carbocycles. The minimum absolute atomic E-state index is 0.156. The van der Waals surface area contributed by atoms with Gasteiger partial charge in [-0.1, -0.05) is 13.8 Å². The molecule has 0 saturated heterocycles. The fraction of sp³-hybridized carbons (Fsp3) is 0.533. The van der Waals surface area contributed by atoms with Gasteiger partial charge < -0.3 is 10.4 Å². The Morgan fingerprint density at radius 2 is 2.18 bits per heavy atom. The fourth-order valence-corrected chi connectivity index (χ4v) is 4.41. The van der Waals surface area contributed by atoms with E-state index < -0.39 is 12.0 Å². The first-order chi connectivity index (χ1) is 10.5. The van der Waals surface area contributed by atoms with Gasteiger partial charge in [0.1, 0.15) is 16.7 Å². The van der Waals surface area contributed by atoms with Crippen LogP contribution < -0.4 is 5.32 Å². The Bertz CT molecular complexity index is 729.